The maximum atomic E-state index is 6.16. The number of aromatic nitrogens is 2. The summed E-state index contributed by atoms with van der Waals surface area (Å²) in [7, 11) is 0. The highest BCUT2D eigenvalue weighted by molar-refractivity contribution is 6.35. The van der Waals surface area contributed by atoms with Gasteiger partial charge in [-0.1, -0.05) is 23.2 Å². The Balaban J connectivity index is 1.78. The van der Waals surface area contributed by atoms with E-state index in [4.69, 9.17) is 27.6 Å². The summed E-state index contributed by atoms with van der Waals surface area (Å²) in [6.07, 6.45) is 1.63. The number of furan rings is 1. The molecule has 0 aliphatic heterocycles. The number of hydrogen-bond acceptors (Lipinski definition) is 5. The van der Waals surface area contributed by atoms with Crippen LogP contribution in [0, 0.1) is 6.92 Å². The molecule has 2 heterocycles. The first-order valence-electron chi connectivity index (χ1n) is 6.94. The molecule has 0 aliphatic rings. The van der Waals surface area contributed by atoms with Gasteiger partial charge in [0.1, 0.15) is 11.6 Å². The Bertz CT molecular complexity index is 806. The molecule has 1 aromatic carbocycles. The zero-order valence-corrected chi connectivity index (χ0v) is 13.8. The molecule has 0 saturated heterocycles. The van der Waals surface area contributed by atoms with Crippen molar-refractivity contribution >= 4 is 40.7 Å². The lowest BCUT2D eigenvalue weighted by Crippen LogP contribution is -2.06. The monoisotopic (exact) mass is 348 g/mol. The number of rotatable bonds is 5. The van der Waals surface area contributed by atoms with E-state index in [1.807, 2.05) is 25.1 Å². The highest BCUT2D eigenvalue weighted by Gasteiger charge is 2.06. The molecule has 0 aliphatic carbocycles. The van der Waals surface area contributed by atoms with Crippen LogP contribution in [0.1, 0.15) is 11.5 Å². The average Bonchev–Trinajstić information content (AvgIpc) is 3.02. The van der Waals surface area contributed by atoms with E-state index in [-0.39, 0.29) is 0 Å². The standard InChI is InChI=1S/C16H14Cl2N4O/c1-10-7-15(21-14-8-11(17)4-5-13(14)18)22-16(20-10)19-9-12-3-2-6-23-12/h2-8H,9H2,1H3,(H2,19,20,21,22). The van der Waals surface area contributed by atoms with Crippen LogP contribution in [0.2, 0.25) is 10.0 Å². The summed E-state index contributed by atoms with van der Waals surface area (Å²) in [5.41, 5.74) is 1.51. The van der Waals surface area contributed by atoms with Crippen LogP contribution in [-0.2, 0) is 6.54 Å². The summed E-state index contributed by atoms with van der Waals surface area (Å²) in [4.78, 5) is 8.77. The minimum atomic E-state index is 0.502. The first-order valence-corrected chi connectivity index (χ1v) is 7.70. The van der Waals surface area contributed by atoms with E-state index in [1.165, 1.54) is 0 Å². The summed E-state index contributed by atoms with van der Waals surface area (Å²) in [6.45, 7) is 2.40. The third kappa shape index (κ3) is 4.15. The van der Waals surface area contributed by atoms with Gasteiger partial charge < -0.3 is 15.1 Å². The molecule has 0 radical (unpaired) electrons. The van der Waals surface area contributed by atoms with E-state index < -0.39 is 0 Å². The van der Waals surface area contributed by atoms with E-state index in [2.05, 4.69) is 20.6 Å². The lowest BCUT2D eigenvalue weighted by atomic mass is 10.3. The number of anilines is 3. The van der Waals surface area contributed by atoms with Crippen LogP contribution >= 0.6 is 23.2 Å². The van der Waals surface area contributed by atoms with Crippen LogP contribution in [0.4, 0.5) is 17.5 Å². The molecule has 0 fully saturated rings. The predicted molar refractivity (Wildman–Crippen MR) is 92.5 cm³/mol. The molecule has 7 heteroatoms. The zero-order chi connectivity index (χ0) is 16.2. The van der Waals surface area contributed by atoms with Gasteiger partial charge in [0.2, 0.25) is 5.95 Å². The fourth-order valence-electron chi connectivity index (χ4n) is 2.02. The minimum absolute atomic E-state index is 0.502. The molecular weight excluding hydrogens is 335 g/mol. The van der Waals surface area contributed by atoms with Gasteiger partial charge in [0.05, 0.1) is 23.5 Å². The van der Waals surface area contributed by atoms with Gasteiger partial charge in [-0.2, -0.15) is 4.98 Å². The van der Waals surface area contributed by atoms with E-state index in [0.717, 1.165) is 11.5 Å². The number of aryl methyl sites for hydroxylation is 1. The quantitative estimate of drug-likeness (QED) is 0.676. The third-order valence-electron chi connectivity index (χ3n) is 3.05. The Morgan fingerprint density at radius 2 is 2.00 bits per heavy atom. The summed E-state index contributed by atoms with van der Waals surface area (Å²) in [5, 5.41) is 7.44. The number of nitrogens with zero attached hydrogens (tertiary/aromatic N) is 2. The van der Waals surface area contributed by atoms with Crippen LogP contribution in [0.5, 0.6) is 0 Å². The van der Waals surface area contributed by atoms with Crippen LogP contribution in [-0.4, -0.2) is 9.97 Å². The molecule has 3 aromatic rings. The minimum Gasteiger partial charge on any atom is -0.467 e. The summed E-state index contributed by atoms with van der Waals surface area (Å²) in [5.74, 6) is 1.94. The van der Waals surface area contributed by atoms with Gasteiger partial charge in [-0.25, -0.2) is 4.98 Å². The van der Waals surface area contributed by atoms with Gasteiger partial charge in [0.15, 0.2) is 0 Å². The summed E-state index contributed by atoms with van der Waals surface area (Å²) < 4.78 is 5.27. The van der Waals surface area contributed by atoms with Gasteiger partial charge in [-0.3, -0.25) is 0 Å². The fourth-order valence-corrected chi connectivity index (χ4v) is 2.36. The maximum absolute atomic E-state index is 6.16. The Morgan fingerprint density at radius 3 is 2.78 bits per heavy atom. The zero-order valence-electron chi connectivity index (χ0n) is 12.3. The molecule has 0 unspecified atom stereocenters. The molecule has 0 amide bonds. The third-order valence-corrected chi connectivity index (χ3v) is 3.61. The highest BCUT2D eigenvalue weighted by Crippen LogP contribution is 2.28. The molecule has 2 aromatic heterocycles. The molecule has 0 bridgehead atoms. The first-order chi connectivity index (χ1) is 11.1. The van der Waals surface area contributed by atoms with Crippen molar-refractivity contribution in [3.63, 3.8) is 0 Å². The number of nitrogens with one attached hydrogen (secondary N) is 2. The Labute approximate surface area is 143 Å². The molecule has 0 atom stereocenters. The van der Waals surface area contributed by atoms with E-state index >= 15 is 0 Å². The van der Waals surface area contributed by atoms with Crippen molar-refractivity contribution in [2.45, 2.75) is 13.5 Å². The largest absolute Gasteiger partial charge is 0.467 e. The van der Waals surface area contributed by atoms with Crippen LogP contribution < -0.4 is 10.6 Å². The van der Waals surface area contributed by atoms with Gasteiger partial charge >= 0.3 is 0 Å². The van der Waals surface area contributed by atoms with Crippen molar-refractivity contribution in [1.82, 2.24) is 9.97 Å². The number of halogens is 2. The molecule has 0 saturated carbocycles. The van der Waals surface area contributed by atoms with Gasteiger partial charge in [-0.05, 0) is 37.3 Å². The van der Waals surface area contributed by atoms with Crippen molar-refractivity contribution in [2.75, 3.05) is 10.6 Å². The molecule has 3 rings (SSSR count). The topological polar surface area (TPSA) is 63.0 Å². The molecule has 118 valence electrons. The van der Waals surface area contributed by atoms with E-state index in [1.54, 1.807) is 24.5 Å². The second kappa shape index (κ2) is 6.89. The number of hydrogen-bond donors (Lipinski definition) is 2. The molecule has 2 N–H and O–H groups in total. The highest BCUT2D eigenvalue weighted by atomic mass is 35.5. The van der Waals surface area contributed by atoms with E-state index in [9.17, 15) is 0 Å². The van der Waals surface area contributed by atoms with E-state index in [0.29, 0.717) is 34.0 Å². The Hall–Kier alpha value is -2.24. The van der Waals surface area contributed by atoms with Gasteiger partial charge in [0.25, 0.3) is 0 Å². The van der Waals surface area contributed by atoms with Crippen LogP contribution in [0.25, 0.3) is 0 Å². The molecule has 5 nitrogen and oxygen atoms in total. The summed E-state index contributed by atoms with van der Waals surface area (Å²) >= 11 is 12.2. The normalized spacial score (nSPS) is 10.6. The second-order valence-electron chi connectivity index (χ2n) is 4.90. The fraction of sp³-hybridized carbons (Fsp3) is 0.125. The van der Waals surface area contributed by atoms with Crippen LogP contribution in [0.15, 0.2) is 47.1 Å². The second-order valence-corrected chi connectivity index (χ2v) is 5.74. The van der Waals surface area contributed by atoms with Crippen molar-refractivity contribution in [1.29, 1.82) is 0 Å². The average molecular weight is 349 g/mol. The lowest BCUT2D eigenvalue weighted by Gasteiger charge is -2.11. The van der Waals surface area contributed by atoms with Crippen molar-refractivity contribution in [3.8, 4) is 0 Å². The molecular formula is C16H14Cl2N4O. The first kappa shape index (κ1) is 15.6. The van der Waals surface area contributed by atoms with Gasteiger partial charge in [-0.15, -0.1) is 0 Å². The SMILES string of the molecule is Cc1cc(Nc2cc(Cl)ccc2Cl)nc(NCc2ccco2)n1. The lowest BCUT2D eigenvalue weighted by molar-refractivity contribution is 0.517. The summed E-state index contributed by atoms with van der Waals surface area (Å²) in [6, 6.07) is 10.8. The van der Waals surface area contributed by atoms with Crippen molar-refractivity contribution in [2.24, 2.45) is 0 Å². The maximum Gasteiger partial charge on any atom is 0.225 e. The molecule has 0 spiro atoms. The van der Waals surface area contributed by atoms with Crippen molar-refractivity contribution < 1.29 is 4.42 Å². The van der Waals surface area contributed by atoms with Crippen molar-refractivity contribution in [3.05, 3.63) is 64.2 Å². The Kier molecular flexibility index (Phi) is 4.69. The molecule has 23 heavy (non-hydrogen) atoms. The smallest absolute Gasteiger partial charge is 0.225 e. The van der Waals surface area contributed by atoms with Gasteiger partial charge in [0, 0.05) is 16.8 Å². The number of benzene rings is 1. The van der Waals surface area contributed by atoms with Crippen LogP contribution in [0.3, 0.4) is 0 Å². The Morgan fingerprint density at radius 1 is 1.13 bits per heavy atom. The predicted octanol–water partition coefficient (Wildman–Crippen LogP) is 5.04.